The predicted molar refractivity (Wildman–Crippen MR) is 160 cm³/mol. The molecule has 6 heteroatoms. The fraction of sp³-hybridized carbons (Fsp3) is 0.486. The Labute approximate surface area is 243 Å². The lowest BCUT2D eigenvalue weighted by Crippen LogP contribution is -2.37. The van der Waals surface area contributed by atoms with Gasteiger partial charge in [-0.15, -0.1) is 0 Å². The van der Waals surface area contributed by atoms with Gasteiger partial charge in [0.1, 0.15) is 11.9 Å². The maximum Gasteiger partial charge on any atom is 0.306 e. The van der Waals surface area contributed by atoms with Gasteiger partial charge in [0.05, 0.1) is 13.0 Å². The summed E-state index contributed by atoms with van der Waals surface area (Å²) in [5, 5.41) is 9.79. The number of rotatable bonds is 9. The Morgan fingerprint density at radius 3 is 2.66 bits per heavy atom. The number of pyridine rings is 1. The zero-order valence-corrected chi connectivity index (χ0v) is 24.5. The SMILES string of the molecule is COc1cc(-c2ccc(C3CCc4ccc([C@H](C5CC5)[C@H](C)C(=O)O)cc4O3)c(CN3CCCC[C@H]3C)c2)ccn1. The second kappa shape index (κ2) is 11.8. The number of carbonyl (C=O) groups is 1. The van der Waals surface area contributed by atoms with E-state index < -0.39 is 11.9 Å². The minimum absolute atomic E-state index is 0.0366. The zero-order chi connectivity index (χ0) is 28.5. The number of likely N-dealkylation sites (tertiary alicyclic amines) is 1. The van der Waals surface area contributed by atoms with Gasteiger partial charge in [-0.3, -0.25) is 9.69 Å². The van der Waals surface area contributed by atoms with Crippen molar-refractivity contribution in [2.45, 2.75) is 83.4 Å². The molecule has 0 spiro atoms. The fourth-order valence-corrected chi connectivity index (χ4v) is 6.94. The van der Waals surface area contributed by atoms with Gasteiger partial charge in [0, 0.05) is 24.8 Å². The van der Waals surface area contributed by atoms with E-state index in [-0.39, 0.29) is 12.0 Å². The molecule has 0 radical (unpaired) electrons. The summed E-state index contributed by atoms with van der Waals surface area (Å²) in [5.74, 6) is 0.898. The van der Waals surface area contributed by atoms with Crippen molar-refractivity contribution in [2.75, 3.05) is 13.7 Å². The van der Waals surface area contributed by atoms with Gasteiger partial charge in [0.25, 0.3) is 0 Å². The molecular formula is C35H42N2O4. The van der Waals surface area contributed by atoms with E-state index in [9.17, 15) is 9.90 Å². The number of carboxylic acids is 1. The number of aromatic nitrogens is 1. The van der Waals surface area contributed by atoms with Crippen LogP contribution < -0.4 is 9.47 Å². The largest absolute Gasteiger partial charge is 0.485 e. The third kappa shape index (κ3) is 5.99. The van der Waals surface area contributed by atoms with Gasteiger partial charge in [-0.05, 0) is 115 Å². The molecular weight excluding hydrogens is 512 g/mol. The van der Waals surface area contributed by atoms with Crippen LogP contribution in [0.1, 0.15) is 86.6 Å². The molecule has 41 heavy (non-hydrogen) atoms. The first-order chi connectivity index (χ1) is 19.9. The summed E-state index contributed by atoms with van der Waals surface area (Å²) < 4.78 is 12.2. The van der Waals surface area contributed by atoms with Crippen molar-refractivity contribution >= 4 is 5.97 Å². The van der Waals surface area contributed by atoms with Gasteiger partial charge in [-0.2, -0.15) is 0 Å². The van der Waals surface area contributed by atoms with Crippen LogP contribution in [-0.4, -0.2) is 40.7 Å². The third-order valence-corrected chi connectivity index (χ3v) is 9.56. The molecule has 1 saturated heterocycles. The van der Waals surface area contributed by atoms with Crippen LogP contribution in [0, 0.1) is 11.8 Å². The molecule has 2 fully saturated rings. The number of nitrogens with zero attached hydrogens (tertiary/aromatic N) is 2. The molecule has 3 heterocycles. The van der Waals surface area contributed by atoms with E-state index in [1.807, 2.05) is 19.1 Å². The van der Waals surface area contributed by atoms with Crippen LogP contribution in [0.25, 0.3) is 11.1 Å². The first kappa shape index (κ1) is 27.8. The number of piperidine rings is 1. The summed E-state index contributed by atoms with van der Waals surface area (Å²) in [6, 6.07) is 17.8. The third-order valence-electron chi connectivity index (χ3n) is 9.56. The molecule has 4 atom stereocenters. The Bertz CT molecular complexity index is 1400. The van der Waals surface area contributed by atoms with E-state index in [1.54, 1.807) is 13.3 Å². The molecule has 216 valence electrons. The number of carboxylic acid groups (broad SMARTS) is 1. The highest BCUT2D eigenvalue weighted by Crippen LogP contribution is 2.48. The second-order valence-corrected chi connectivity index (χ2v) is 12.3. The second-order valence-electron chi connectivity index (χ2n) is 12.3. The lowest BCUT2D eigenvalue weighted by atomic mass is 9.82. The molecule has 1 aliphatic carbocycles. The monoisotopic (exact) mass is 554 g/mol. The van der Waals surface area contributed by atoms with Gasteiger partial charge in [-0.25, -0.2) is 4.98 Å². The van der Waals surface area contributed by atoms with E-state index in [0.717, 1.165) is 61.2 Å². The van der Waals surface area contributed by atoms with Gasteiger partial charge >= 0.3 is 5.97 Å². The molecule has 1 unspecified atom stereocenters. The van der Waals surface area contributed by atoms with Crippen LogP contribution >= 0.6 is 0 Å². The fourth-order valence-electron chi connectivity index (χ4n) is 6.94. The average Bonchev–Trinajstić information content (AvgIpc) is 3.83. The Hall–Kier alpha value is -3.38. The molecule has 0 amide bonds. The first-order valence-corrected chi connectivity index (χ1v) is 15.3. The number of fused-ring (bicyclic) bond motifs is 1. The van der Waals surface area contributed by atoms with Crippen molar-refractivity contribution in [2.24, 2.45) is 11.8 Å². The smallest absolute Gasteiger partial charge is 0.306 e. The topological polar surface area (TPSA) is 71.9 Å². The highest BCUT2D eigenvalue weighted by molar-refractivity contribution is 5.71. The highest BCUT2D eigenvalue weighted by Gasteiger charge is 2.39. The van der Waals surface area contributed by atoms with Crippen LogP contribution in [0.15, 0.2) is 54.7 Å². The molecule has 3 aromatic rings. The minimum atomic E-state index is -0.720. The summed E-state index contributed by atoms with van der Waals surface area (Å²) in [5.41, 5.74) is 7.13. The normalized spacial score (nSPS) is 22.3. The standard InChI is InChI=1S/C35H42N2O4/c1-22-6-4-5-17-37(22)21-29-18-26(27-15-16-36-33(20-27)40-3)11-13-30(29)31-14-12-24-7-10-28(19-32(24)41-31)34(25-8-9-25)23(2)35(38)39/h7,10-11,13,15-16,18-20,22-23,25,31,34H,4-6,8-9,12,14,17,21H2,1-3H3,(H,38,39)/t22-,23+,31?,34+/m1/s1. The molecule has 6 nitrogen and oxygen atoms in total. The Kier molecular flexibility index (Phi) is 8.03. The summed E-state index contributed by atoms with van der Waals surface area (Å²) in [7, 11) is 1.65. The maximum atomic E-state index is 11.9. The van der Waals surface area contributed by atoms with Crippen LogP contribution in [0.4, 0.5) is 0 Å². The lowest BCUT2D eigenvalue weighted by molar-refractivity contribution is -0.142. The average molecular weight is 555 g/mol. The number of methoxy groups -OCH3 is 1. The summed E-state index contributed by atoms with van der Waals surface area (Å²) in [6.45, 7) is 6.22. The van der Waals surface area contributed by atoms with Crippen molar-refractivity contribution in [1.29, 1.82) is 0 Å². The van der Waals surface area contributed by atoms with Gasteiger partial charge < -0.3 is 14.6 Å². The molecule has 1 aromatic heterocycles. The molecule has 6 rings (SSSR count). The molecule has 3 aliphatic rings. The number of ether oxygens (including phenoxy) is 2. The minimum Gasteiger partial charge on any atom is -0.485 e. The van der Waals surface area contributed by atoms with Crippen LogP contribution in [0.3, 0.4) is 0 Å². The Morgan fingerprint density at radius 1 is 1.07 bits per heavy atom. The van der Waals surface area contributed by atoms with Crippen LogP contribution in [0.2, 0.25) is 0 Å². The summed E-state index contributed by atoms with van der Waals surface area (Å²) in [4.78, 5) is 18.8. The molecule has 2 aromatic carbocycles. The van der Waals surface area contributed by atoms with Gasteiger partial charge in [0.2, 0.25) is 5.88 Å². The van der Waals surface area contributed by atoms with Crippen molar-refractivity contribution in [3.05, 3.63) is 77.0 Å². The predicted octanol–water partition coefficient (Wildman–Crippen LogP) is 7.41. The zero-order valence-electron chi connectivity index (χ0n) is 24.5. The van der Waals surface area contributed by atoms with E-state index in [4.69, 9.17) is 9.47 Å². The van der Waals surface area contributed by atoms with E-state index in [1.165, 1.54) is 36.0 Å². The molecule has 0 bridgehead atoms. The van der Waals surface area contributed by atoms with Gasteiger partial charge in [-0.1, -0.05) is 37.6 Å². The number of aryl methyl sites for hydroxylation is 1. The van der Waals surface area contributed by atoms with Crippen molar-refractivity contribution in [3.63, 3.8) is 0 Å². The van der Waals surface area contributed by atoms with E-state index >= 15 is 0 Å². The number of hydrogen-bond acceptors (Lipinski definition) is 5. The molecule has 1 saturated carbocycles. The molecule has 1 N–H and O–H groups in total. The number of aliphatic carboxylic acids is 1. The lowest BCUT2D eigenvalue weighted by Gasteiger charge is -2.35. The van der Waals surface area contributed by atoms with Crippen LogP contribution in [-0.2, 0) is 17.8 Å². The molecule has 2 aliphatic heterocycles. The number of hydrogen-bond donors (Lipinski definition) is 1. The van der Waals surface area contributed by atoms with Crippen LogP contribution in [0.5, 0.6) is 11.6 Å². The summed E-state index contributed by atoms with van der Waals surface area (Å²) in [6.07, 6.45) is 9.64. The van der Waals surface area contributed by atoms with E-state index in [0.29, 0.717) is 17.8 Å². The first-order valence-electron chi connectivity index (χ1n) is 15.3. The Morgan fingerprint density at radius 2 is 1.90 bits per heavy atom. The van der Waals surface area contributed by atoms with Gasteiger partial charge in [0.15, 0.2) is 0 Å². The summed E-state index contributed by atoms with van der Waals surface area (Å²) >= 11 is 0. The van der Waals surface area contributed by atoms with Crippen molar-refractivity contribution in [3.8, 4) is 22.8 Å². The number of benzene rings is 2. The van der Waals surface area contributed by atoms with E-state index in [2.05, 4.69) is 53.2 Å². The quantitative estimate of drug-likeness (QED) is 0.297. The van der Waals surface area contributed by atoms with Crippen molar-refractivity contribution in [1.82, 2.24) is 9.88 Å². The Balaban J connectivity index is 1.32. The highest BCUT2D eigenvalue weighted by atomic mass is 16.5. The van der Waals surface area contributed by atoms with Crippen molar-refractivity contribution < 1.29 is 19.4 Å². The maximum absolute atomic E-state index is 11.9.